The van der Waals surface area contributed by atoms with Crippen LogP contribution in [0.15, 0.2) is 33.7 Å². The second kappa shape index (κ2) is 4.08. The van der Waals surface area contributed by atoms with Crippen LogP contribution in [0.1, 0.15) is 11.5 Å². The molecule has 110 valence electrons. The minimum Gasteiger partial charge on any atom is -0.386 e. The average molecular weight is 359 g/mol. The van der Waals surface area contributed by atoms with Crippen LogP contribution in [0.3, 0.4) is 0 Å². The Bertz CT molecular complexity index is 789. The predicted molar refractivity (Wildman–Crippen MR) is 79.2 cm³/mol. The van der Waals surface area contributed by atoms with E-state index in [2.05, 4.69) is 33.1 Å². The first-order valence-electron chi connectivity index (χ1n) is 6.80. The molecule has 1 spiro atoms. The molecule has 7 heteroatoms. The van der Waals surface area contributed by atoms with Crippen LogP contribution < -0.4 is 5.73 Å². The molecule has 1 aromatic rings. The topological polar surface area (TPSA) is 104 Å². The number of halogens is 1. The first-order valence-corrected chi connectivity index (χ1v) is 7.59. The zero-order valence-corrected chi connectivity index (χ0v) is 13.0. The van der Waals surface area contributed by atoms with Gasteiger partial charge in [-0.05, 0) is 11.6 Å². The van der Waals surface area contributed by atoms with Crippen molar-refractivity contribution in [2.24, 2.45) is 21.6 Å². The molecule has 1 aromatic carbocycles. The standard InChI is InChI=1S/C15H11BrN4O2/c16-10-4-2-1-3-9(10)11-13(7-17)12(19)20-15(14(11,13)8-18)21-5-6-22-15/h1-4,11H,5-6H2,(H2,19,20)/t11-,13+,14-/m1/s1. The maximum atomic E-state index is 9.92. The molecule has 0 bridgehead atoms. The summed E-state index contributed by atoms with van der Waals surface area (Å²) in [7, 11) is 0. The van der Waals surface area contributed by atoms with Gasteiger partial charge in [-0.25, -0.2) is 4.99 Å². The maximum Gasteiger partial charge on any atom is 0.293 e. The molecule has 0 unspecified atom stereocenters. The van der Waals surface area contributed by atoms with E-state index in [0.29, 0.717) is 13.2 Å². The van der Waals surface area contributed by atoms with E-state index >= 15 is 0 Å². The number of nitriles is 2. The fraction of sp³-hybridized carbons (Fsp3) is 0.400. The van der Waals surface area contributed by atoms with Crippen LogP contribution in [-0.2, 0) is 9.47 Å². The van der Waals surface area contributed by atoms with E-state index in [-0.39, 0.29) is 5.84 Å². The molecule has 1 saturated heterocycles. The van der Waals surface area contributed by atoms with E-state index in [1.807, 2.05) is 24.3 Å². The molecule has 1 aliphatic carbocycles. The molecule has 2 aliphatic heterocycles. The first-order chi connectivity index (χ1) is 10.6. The van der Waals surface area contributed by atoms with Gasteiger partial charge in [0, 0.05) is 10.4 Å². The molecule has 2 N–H and O–H groups in total. The third-order valence-electron chi connectivity index (χ3n) is 4.82. The van der Waals surface area contributed by atoms with Gasteiger partial charge >= 0.3 is 0 Å². The Morgan fingerprint density at radius 1 is 1.23 bits per heavy atom. The fourth-order valence-corrected chi connectivity index (χ4v) is 4.41. The van der Waals surface area contributed by atoms with E-state index in [9.17, 15) is 10.5 Å². The second-order valence-electron chi connectivity index (χ2n) is 5.57. The molecule has 4 rings (SSSR count). The summed E-state index contributed by atoms with van der Waals surface area (Å²) >= 11 is 3.49. The lowest BCUT2D eigenvalue weighted by atomic mass is 9.94. The highest BCUT2D eigenvalue weighted by Crippen LogP contribution is 2.82. The number of amidine groups is 1. The van der Waals surface area contributed by atoms with Crippen LogP contribution in [0.25, 0.3) is 0 Å². The molecular weight excluding hydrogens is 348 g/mol. The Labute approximate surface area is 135 Å². The molecule has 0 amide bonds. The highest BCUT2D eigenvalue weighted by molar-refractivity contribution is 9.10. The van der Waals surface area contributed by atoms with Gasteiger partial charge in [-0.2, -0.15) is 10.5 Å². The van der Waals surface area contributed by atoms with Gasteiger partial charge in [0.25, 0.3) is 5.91 Å². The van der Waals surface area contributed by atoms with Crippen molar-refractivity contribution in [2.75, 3.05) is 13.2 Å². The lowest BCUT2D eigenvalue weighted by molar-refractivity contribution is -0.184. The summed E-state index contributed by atoms with van der Waals surface area (Å²) in [6.45, 7) is 0.648. The van der Waals surface area contributed by atoms with E-state index in [1.54, 1.807) is 0 Å². The number of benzene rings is 1. The lowest BCUT2D eigenvalue weighted by Gasteiger charge is -2.25. The number of aliphatic imine (C=N–C) groups is 1. The predicted octanol–water partition coefficient (Wildman–Crippen LogP) is 1.64. The van der Waals surface area contributed by atoms with Gasteiger partial charge < -0.3 is 15.2 Å². The van der Waals surface area contributed by atoms with Crippen LogP contribution in [0.2, 0.25) is 0 Å². The summed E-state index contributed by atoms with van der Waals surface area (Å²) in [6.07, 6.45) is 0. The maximum absolute atomic E-state index is 9.92. The molecule has 6 nitrogen and oxygen atoms in total. The van der Waals surface area contributed by atoms with Crippen molar-refractivity contribution in [1.82, 2.24) is 0 Å². The van der Waals surface area contributed by atoms with Crippen molar-refractivity contribution in [1.29, 1.82) is 10.5 Å². The quantitative estimate of drug-likeness (QED) is 0.821. The van der Waals surface area contributed by atoms with Crippen LogP contribution in [0, 0.1) is 33.5 Å². The molecule has 3 atom stereocenters. The molecule has 3 aliphatic rings. The van der Waals surface area contributed by atoms with Crippen molar-refractivity contribution >= 4 is 21.8 Å². The van der Waals surface area contributed by atoms with E-state index < -0.39 is 22.7 Å². The summed E-state index contributed by atoms with van der Waals surface area (Å²) in [5.41, 5.74) is 4.43. The monoisotopic (exact) mass is 358 g/mol. The van der Waals surface area contributed by atoms with Crippen molar-refractivity contribution in [3.05, 3.63) is 34.3 Å². The molecule has 1 saturated carbocycles. The van der Waals surface area contributed by atoms with Gasteiger partial charge in [0.05, 0.1) is 25.4 Å². The fourth-order valence-electron chi connectivity index (χ4n) is 3.89. The Morgan fingerprint density at radius 2 is 1.91 bits per heavy atom. The number of rotatable bonds is 1. The Kier molecular flexibility index (Phi) is 2.54. The number of nitrogens with zero attached hydrogens (tertiary/aromatic N) is 3. The summed E-state index contributed by atoms with van der Waals surface area (Å²) < 4.78 is 12.1. The Hall–Kier alpha value is -1.93. The third-order valence-corrected chi connectivity index (χ3v) is 5.54. The number of fused-ring (bicyclic) bond motifs is 2. The summed E-state index contributed by atoms with van der Waals surface area (Å²) in [5.74, 6) is -1.80. The number of hydrogen-bond donors (Lipinski definition) is 1. The van der Waals surface area contributed by atoms with E-state index in [0.717, 1.165) is 10.0 Å². The van der Waals surface area contributed by atoms with Gasteiger partial charge in [0.15, 0.2) is 5.41 Å². The van der Waals surface area contributed by atoms with Crippen molar-refractivity contribution in [3.8, 4) is 12.1 Å². The third kappa shape index (κ3) is 1.17. The van der Waals surface area contributed by atoms with Gasteiger partial charge in [0.2, 0.25) is 0 Å². The highest BCUT2D eigenvalue weighted by atomic mass is 79.9. The van der Waals surface area contributed by atoms with Crippen LogP contribution in [-0.4, -0.2) is 25.0 Å². The van der Waals surface area contributed by atoms with Gasteiger partial charge in [-0.15, -0.1) is 0 Å². The van der Waals surface area contributed by atoms with Gasteiger partial charge in [-0.1, -0.05) is 34.1 Å². The molecular formula is C15H11BrN4O2. The number of nitrogens with two attached hydrogens (primary N) is 1. The molecule has 22 heavy (non-hydrogen) atoms. The van der Waals surface area contributed by atoms with Crippen molar-refractivity contribution in [3.63, 3.8) is 0 Å². The summed E-state index contributed by atoms with van der Waals surface area (Å²) in [4.78, 5) is 4.23. The van der Waals surface area contributed by atoms with Gasteiger partial charge in [0.1, 0.15) is 11.3 Å². The summed E-state index contributed by atoms with van der Waals surface area (Å²) in [6, 6.07) is 12.0. The van der Waals surface area contributed by atoms with Crippen LogP contribution >= 0.6 is 15.9 Å². The Morgan fingerprint density at radius 3 is 2.50 bits per heavy atom. The SMILES string of the molecule is N#C[C@@]12[C@H](c3ccccc3Br)[C@@]1(C#N)C(N)=NC21OCCO1. The molecule has 2 fully saturated rings. The average Bonchev–Trinajstić information content (AvgIpc) is 2.76. The van der Waals surface area contributed by atoms with Crippen LogP contribution in [0.4, 0.5) is 0 Å². The molecule has 0 aromatic heterocycles. The summed E-state index contributed by atoms with van der Waals surface area (Å²) in [5, 5.41) is 19.7. The van der Waals surface area contributed by atoms with E-state index in [1.165, 1.54) is 0 Å². The molecule has 0 radical (unpaired) electrons. The smallest absolute Gasteiger partial charge is 0.293 e. The normalized spacial score (nSPS) is 37.2. The lowest BCUT2D eigenvalue weighted by Crippen LogP contribution is -2.38. The van der Waals surface area contributed by atoms with E-state index in [4.69, 9.17) is 15.2 Å². The highest BCUT2D eigenvalue weighted by Gasteiger charge is 2.94. The van der Waals surface area contributed by atoms with Gasteiger partial charge in [-0.3, -0.25) is 0 Å². The van der Waals surface area contributed by atoms with Crippen LogP contribution in [0.5, 0.6) is 0 Å². The molecule has 2 heterocycles. The number of ether oxygens (including phenoxy) is 2. The minimum absolute atomic E-state index is 0.110. The zero-order valence-electron chi connectivity index (χ0n) is 11.4. The minimum atomic E-state index is -1.47. The van der Waals surface area contributed by atoms with Crippen molar-refractivity contribution < 1.29 is 9.47 Å². The zero-order chi connectivity index (χ0) is 15.6. The van der Waals surface area contributed by atoms with Crippen molar-refractivity contribution in [2.45, 2.75) is 11.8 Å². The first kappa shape index (κ1) is 13.7. The largest absolute Gasteiger partial charge is 0.386 e. The number of hydrogen-bond acceptors (Lipinski definition) is 6. The second-order valence-corrected chi connectivity index (χ2v) is 6.42. The Balaban J connectivity index is 1.97.